The molecule has 0 saturated carbocycles. The summed E-state index contributed by atoms with van der Waals surface area (Å²) in [5, 5.41) is 16.5. The van der Waals surface area contributed by atoms with Crippen molar-refractivity contribution in [1.29, 1.82) is 5.26 Å². The summed E-state index contributed by atoms with van der Waals surface area (Å²) < 4.78 is 0. The normalized spacial score (nSPS) is 11.8. The topological polar surface area (TPSA) is 65.8 Å². The molecule has 0 radical (unpaired) electrons. The van der Waals surface area contributed by atoms with Gasteiger partial charge in [0, 0.05) is 10.6 Å². The first kappa shape index (κ1) is 23.9. The lowest BCUT2D eigenvalue weighted by molar-refractivity contribution is 0.102. The number of anilines is 1. The molecule has 2 aromatic heterocycles. The fraction of sp³-hybridized carbons (Fsp3) is 0.148. The molecule has 0 aliphatic heterocycles. The molecule has 4 aromatic rings. The zero-order valence-corrected chi connectivity index (χ0v) is 21.3. The Hall–Kier alpha value is -3.24. The lowest BCUT2D eigenvalue weighted by atomic mass is 9.86. The molecule has 0 unspecified atom stereocenters. The van der Waals surface area contributed by atoms with Crippen LogP contribution in [0.1, 0.15) is 47.3 Å². The van der Waals surface area contributed by atoms with Crippen molar-refractivity contribution in [3.8, 4) is 16.6 Å². The minimum absolute atomic E-state index is 0.0580. The fourth-order valence-electron chi connectivity index (χ4n) is 3.26. The van der Waals surface area contributed by atoms with Gasteiger partial charge in [-0.15, -0.1) is 11.3 Å². The molecule has 1 amide bonds. The van der Waals surface area contributed by atoms with E-state index in [4.69, 9.17) is 16.6 Å². The molecule has 0 aliphatic rings. The predicted octanol–water partition coefficient (Wildman–Crippen LogP) is 8.14. The molecule has 0 saturated heterocycles. The van der Waals surface area contributed by atoms with Crippen LogP contribution < -0.4 is 5.32 Å². The molecule has 1 N–H and O–H groups in total. The number of hydrogen-bond acceptors (Lipinski definition) is 5. The maximum Gasteiger partial charge on any atom is 0.256 e. The molecule has 4 nitrogen and oxygen atoms in total. The molecule has 0 fully saturated rings. The van der Waals surface area contributed by atoms with Crippen LogP contribution in [-0.4, -0.2) is 10.9 Å². The van der Waals surface area contributed by atoms with E-state index in [1.165, 1.54) is 28.2 Å². The molecule has 170 valence electrons. The Bertz CT molecular complexity index is 1370. The van der Waals surface area contributed by atoms with Crippen molar-refractivity contribution in [1.82, 2.24) is 4.98 Å². The Balaban J connectivity index is 1.69. The molecule has 0 aliphatic carbocycles. The zero-order valence-electron chi connectivity index (χ0n) is 18.9. The largest absolute Gasteiger partial charge is 0.312 e. The molecule has 4 rings (SSSR count). The number of carbonyl (C=O) groups is 1. The highest BCUT2D eigenvalue weighted by atomic mass is 35.5. The summed E-state index contributed by atoms with van der Waals surface area (Å²) in [6, 6.07) is 21.0. The molecule has 0 spiro atoms. The Kier molecular flexibility index (Phi) is 6.99. The van der Waals surface area contributed by atoms with Crippen LogP contribution >= 0.6 is 34.3 Å². The second kappa shape index (κ2) is 9.94. The number of thiazole rings is 1. The first-order chi connectivity index (χ1) is 16.2. The van der Waals surface area contributed by atoms with E-state index in [0.717, 1.165) is 10.4 Å². The SMILES string of the molecule is CC(C)(C)c1ccc(/C=C(/C#N)c2nc(-c3cccs3)c(NC(=O)c3ccc(Cl)cc3)s2)cc1. The molecule has 2 aromatic carbocycles. The van der Waals surface area contributed by atoms with E-state index >= 15 is 0 Å². The average molecular weight is 504 g/mol. The maximum atomic E-state index is 12.8. The van der Waals surface area contributed by atoms with E-state index in [9.17, 15) is 10.1 Å². The van der Waals surface area contributed by atoms with E-state index in [2.05, 4.69) is 44.3 Å². The summed E-state index contributed by atoms with van der Waals surface area (Å²) >= 11 is 8.76. The van der Waals surface area contributed by atoms with Crippen LogP contribution in [0, 0.1) is 11.3 Å². The second-order valence-corrected chi connectivity index (χ2v) is 11.1. The van der Waals surface area contributed by atoms with Crippen molar-refractivity contribution < 1.29 is 4.79 Å². The summed E-state index contributed by atoms with van der Waals surface area (Å²) in [4.78, 5) is 18.5. The first-order valence-corrected chi connectivity index (χ1v) is 12.7. The van der Waals surface area contributed by atoms with Crippen molar-refractivity contribution in [2.75, 3.05) is 5.32 Å². The summed E-state index contributed by atoms with van der Waals surface area (Å²) in [7, 11) is 0. The molecule has 2 heterocycles. The van der Waals surface area contributed by atoms with E-state index < -0.39 is 0 Å². The number of allylic oxidation sites excluding steroid dienone is 1. The van der Waals surface area contributed by atoms with E-state index in [0.29, 0.717) is 31.9 Å². The van der Waals surface area contributed by atoms with Gasteiger partial charge in [0.25, 0.3) is 5.91 Å². The number of thiophene rings is 1. The number of aromatic nitrogens is 1. The minimum atomic E-state index is -0.259. The van der Waals surface area contributed by atoms with Gasteiger partial charge in [0.2, 0.25) is 0 Å². The van der Waals surface area contributed by atoms with Gasteiger partial charge in [-0.1, -0.05) is 74.0 Å². The third-order valence-corrected chi connectivity index (χ3v) is 7.29. The van der Waals surface area contributed by atoms with Gasteiger partial charge < -0.3 is 5.32 Å². The molecule has 7 heteroatoms. The number of nitriles is 1. The van der Waals surface area contributed by atoms with Crippen LogP contribution in [0.5, 0.6) is 0 Å². The van der Waals surface area contributed by atoms with Gasteiger partial charge in [0.15, 0.2) is 0 Å². The number of hydrogen-bond donors (Lipinski definition) is 1. The van der Waals surface area contributed by atoms with Crippen LogP contribution in [0.4, 0.5) is 5.00 Å². The molecular formula is C27H22ClN3OS2. The number of halogens is 1. The number of carbonyl (C=O) groups excluding carboxylic acids is 1. The summed E-state index contributed by atoms with van der Waals surface area (Å²) in [6.45, 7) is 6.50. The van der Waals surface area contributed by atoms with Gasteiger partial charge in [-0.2, -0.15) is 5.26 Å². The maximum absolute atomic E-state index is 12.8. The highest BCUT2D eigenvalue weighted by Gasteiger charge is 2.19. The second-order valence-electron chi connectivity index (χ2n) is 8.68. The zero-order chi connectivity index (χ0) is 24.3. The number of nitrogens with one attached hydrogen (secondary N) is 1. The summed E-state index contributed by atoms with van der Waals surface area (Å²) in [6.07, 6.45) is 1.83. The summed E-state index contributed by atoms with van der Waals surface area (Å²) in [5.74, 6) is -0.259. The third-order valence-electron chi connectivity index (χ3n) is 5.15. The minimum Gasteiger partial charge on any atom is -0.312 e. The molecule has 0 atom stereocenters. The third kappa shape index (κ3) is 5.45. The lowest BCUT2D eigenvalue weighted by Gasteiger charge is -2.18. The van der Waals surface area contributed by atoms with Crippen molar-refractivity contribution in [3.05, 3.63) is 92.8 Å². The monoisotopic (exact) mass is 503 g/mol. The van der Waals surface area contributed by atoms with Crippen molar-refractivity contribution in [2.24, 2.45) is 0 Å². The van der Waals surface area contributed by atoms with Gasteiger partial charge in [-0.25, -0.2) is 4.98 Å². The first-order valence-electron chi connectivity index (χ1n) is 10.6. The number of amides is 1. The van der Waals surface area contributed by atoms with Gasteiger partial charge >= 0.3 is 0 Å². The van der Waals surface area contributed by atoms with Crippen molar-refractivity contribution >= 4 is 56.8 Å². The number of rotatable bonds is 5. The quantitative estimate of drug-likeness (QED) is 0.279. The number of benzene rings is 2. The molecule has 34 heavy (non-hydrogen) atoms. The van der Waals surface area contributed by atoms with Gasteiger partial charge in [0.1, 0.15) is 21.8 Å². The van der Waals surface area contributed by atoms with Crippen LogP contribution in [0.15, 0.2) is 66.0 Å². The van der Waals surface area contributed by atoms with Gasteiger partial charge in [-0.05, 0) is 58.3 Å². The molecule has 0 bridgehead atoms. The highest BCUT2D eigenvalue weighted by molar-refractivity contribution is 7.19. The molecular weight excluding hydrogens is 482 g/mol. The van der Waals surface area contributed by atoms with Gasteiger partial charge in [0.05, 0.1) is 10.5 Å². The van der Waals surface area contributed by atoms with Crippen LogP contribution in [0.25, 0.3) is 22.2 Å². The average Bonchev–Trinajstić information content (AvgIpc) is 3.47. The summed E-state index contributed by atoms with van der Waals surface area (Å²) in [5.41, 5.74) is 3.79. The standard InChI is InChI=1S/C27H22ClN3OS2/c1-27(2,3)20-10-6-17(7-11-20)15-19(16-29)25-30-23(22-5-4-14-33-22)26(34-25)31-24(32)18-8-12-21(28)13-9-18/h4-15H,1-3H3,(H,31,32)/b19-15-. The Labute approximate surface area is 212 Å². The van der Waals surface area contributed by atoms with Crippen LogP contribution in [0.3, 0.4) is 0 Å². The van der Waals surface area contributed by atoms with E-state index in [-0.39, 0.29) is 11.3 Å². The van der Waals surface area contributed by atoms with Gasteiger partial charge in [-0.3, -0.25) is 4.79 Å². The van der Waals surface area contributed by atoms with Crippen LogP contribution in [0.2, 0.25) is 5.02 Å². The van der Waals surface area contributed by atoms with Crippen LogP contribution in [-0.2, 0) is 5.41 Å². The Morgan fingerprint density at radius 3 is 2.38 bits per heavy atom. The Morgan fingerprint density at radius 1 is 1.09 bits per heavy atom. The fourth-order valence-corrected chi connectivity index (χ4v) is 5.12. The van der Waals surface area contributed by atoms with Crippen molar-refractivity contribution in [3.63, 3.8) is 0 Å². The Morgan fingerprint density at radius 2 is 1.79 bits per heavy atom. The lowest BCUT2D eigenvalue weighted by Crippen LogP contribution is -2.11. The van der Waals surface area contributed by atoms with E-state index in [1.807, 2.05) is 35.7 Å². The predicted molar refractivity (Wildman–Crippen MR) is 143 cm³/mol. The number of nitrogens with zero attached hydrogens (tertiary/aromatic N) is 2. The highest BCUT2D eigenvalue weighted by Crippen LogP contribution is 2.38. The van der Waals surface area contributed by atoms with E-state index in [1.54, 1.807) is 24.3 Å². The smallest absolute Gasteiger partial charge is 0.256 e. The van der Waals surface area contributed by atoms with Crippen molar-refractivity contribution in [2.45, 2.75) is 26.2 Å².